The van der Waals surface area contributed by atoms with Gasteiger partial charge in [0.1, 0.15) is 6.17 Å². The molecule has 0 unspecified atom stereocenters. The summed E-state index contributed by atoms with van der Waals surface area (Å²) in [5.41, 5.74) is 9.40. The highest BCUT2D eigenvalue weighted by molar-refractivity contribution is 8.93. The maximum atomic E-state index is 9.25. The smallest absolute Gasteiger partial charge is 0.151 e. The van der Waals surface area contributed by atoms with Crippen molar-refractivity contribution >= 4 is 23.3 Å². The van der Waals surface area contributed by atoms with Gasteiger partial charge in [0.2, 0.25) is 0 Å². The zero-order chi connectivity index (χ0) is 4.28. The fraction of sp³-hybridized carbons (Fsp3) is 0.800. The average molecular weight is 203 g/mol. The molecule has 0 radical (unpaired) electrons. The lowest BCUT2D eigenvalue weighted by Gasteiger charge is -1.82. The maximum absolute atomic E-state index is 9.25. The van der Waals surface area contributed by atoms with Gasteiger partial charge in [0, 0.05) is 0 Å². The van der Waals surface area contributed by atoms with Gasteiger partial charge < -0.3 is 16.3 Å². The zero-order valence-electron chi connectivity index (χ0n) is 3.13. The molecule has 0 spiro atoms. The van der Waals surface area contributed by atoms with Crippen LogP contribution in [-0.4, -0.2) is 12.5 Å². The molecule has 0 saturated heterocycles. The lowest BCUT2D eigenvalue weighted by molar-refractivity contribution is -0.108. The van der Waals surface area contributed by atoms with Gasteiger partial charge in [-0.25, -0.2) is 0 Å². The summed E-state index contributed by atoms with van der Waals surface area (Å²) in [4.78, 5) is 9.25. The Kier molecular flexibility index (Phi) is 96.5. The Bertz CT molecular complexity index is 41.9. The number of aldehydes is 1. The van der Waals surface area contributed by atoms with E-state index in [1.54, 1.807) is 0 Å². The fourth-order valence-corrected chi connectivity index (χ4v) is 0. The van der Waals surface area contributed by atoms with E-state index in [1.165, 1.54) is 0 Å². The molecule has 3 nitrogen and oxygen atoms in total. The minimum Gasteiger partial charge on any atom is -0.310 e. The highest BCUT2D eigenvalue weighted by Crippen LogP contribution is 1.38. The van der Waals surface area contributed by atoms with Crippen LogP contribution in [0, 0.1) is 0 Å². The van der Waals surface area contributed by atoms with Gasteiger partial charge in [0.15, 0.2) is 6.29 Å². The molecule has 0 aromatic rings. The summed E-state index contributed by atoms with van der Waals surface area (Å²) >= 11 is 0. The van der Waals surface area contributed by atoms with E-state index in [0.717, 1.165) is 0 Å². The van der Waals surface area contributed by atoms with E-state index < -0.39 is 6.17 Å². The molecule has 0 aromatic heterocycles. The largest absolute Gasteiger partial charge is 0.310 e. The fourth-order valence-electron chi connectivity index (χ4n) is 0. The number of hydrogen-bond donors (Lipinski definition) is 2. The van der Waals surface area contributed by atoms with Crippen molar-refractivity contribution in [1.29, 1.82) is 0 Å². The summed E-state index contributed by atoms with van der Waals surface area (Å²) in [6.45, 7) is 0. The average Bonchev–Trinajstić information content (AvgIpc) is 1.38. The van der Waals surface area contributed by atoms with Crippen LogP contribution in [0.3, 0.4) is 0 Å². The van der Waals surface area contributed by atoms with Gasteiger partial charge in [-0.1, -0.05) is 22.3 Å². The van der Waals surface area contributed by atoms with E-state index in [2.05, 4.69) is 0 Å². The molecule has 0 aliphatic carbocycles. The Morgan fingerprint density at radius 1 is 1.11 bits per heavy atom. The van der Waals surface area contributed by atoms with Crippen molar-refractivity contribution in [3.63, 3.8) is 0 Å². The minimum absolute atomic E-state index is 0. The van der Waals surface area contributed by atoms with Crippen LogP contribution in [0.15, 0.2) is 0 Å². The number of carbonyl (C=O) groups excluding carboxylic acids is 1. The van der Waals surface area contributed by atoms with Crippen molar-refractivity contribution in [3.05, 3.63) is 0 Å². The van der Waals surface area contributed by atoms with Crippen LogP contribution in [-0.2, 0) is 4.79 Å². The number of halogens is 1. The molecule has 4 heteroatoms. The number of nitrogens with two attached hydrogens (primary N) is 2. The van der Waals surface area contributed by atoms with Gasteiger partial charge >= 0.3 is 0 Å². The van der Waals surface area contributed by atoms with E-state index >= 15 is 0 Å². The first-order valence-corrected chi connectivity index (χ1v) is 1.24. The van der Waals surface area contributed by atoms with Gasteiger partial charge in [0.25, 0.3) is 0 Å². The Morgan fingerprint density at radius 2 is 1.22 bits per heavy atom. The summed E-state index contributed by atoms with van der Waals surface area (Å²) < 4.78 is 0. The van der Waals surface area contributed by atoms with Gasteiger partial charge in [-0.3, -0.25) is 0 Å². The summed E-state index contributed by atoms with van der Waals surface area (Å²) in [6, 6.07) is 0. The maximum Gasteiger partial charge on any atom is 0.151 e. The topological polar surface area (TPSA) is 69.1 Å². The van der Waals surface area contributed by atoms with E-state index in [4.69, 9.17) is 11.5 Å². The van der Waals surface area contributed by atoms with E-state index in [-0.39, 0.29) is 39.3 Å². The second-order valence-electron chi connectivity index (χ2n) is 0.713. The van der Waals surface area contributed by atoms with Crippen LogP contribution < -0.4 is 11.5 Å². The normalized spacial score (nSPS) is 4.78. The molecule has 0 fully saturated rings. The van der Waals surface area contributed by atoms with E-state index in [0.29, 0.717) is 6.29 Å². The quantitative estimate of drug-likeness (QED) is 0.491. The molecule has 0 aliphatic rings. The van der Waals surface area contributed by atoms with Crippen LogP contribution in [0.2, 0.25) is 0 Å². The molecule has 0 bridgehead atoms. The first-order valence-electron chi connectivity index (χ1n) is 1.24. The van der Waals surface area contributed by atoms with Crippen molar-refractivity contribution in [2.45, 2.75) is 28.4 Å². The zero-order valence-corrected chi connectivity index (χ0v) is 4.84. The molecular weight excluding hydrogens is 184 g/mol. The minimum atomic E-state index is -0.796. The van der Waals surface area contributed by atoms with Crippen molar-refractivity contribution in [2.24, 2.45) is 11.5 Å². The number of hydrogen-bond acceptors (Lipinski definition) is 3. The van der Waals surface area contributed by atoms with Crippen molar-refractivity contribution < 1.29 is 4.79 Å². The SMILES string of the molecule is Br.C.C.C.NC(N)C=O. The van der Waals surface area contributed by atoms with Crippen LogP contribution in [0.4, 0.5) is 0 Å². The van der Waals surface area contributed by atoms with Gasteiger partial charge in [-0.05, 0) is 0 Å². The molecule has 4 N–H and O–H groups in total. The van der Waals surface area contributed by atoms with Crippen molar-refractivity contribution in [1.82, 2.24) is 0 Å². The van der Waals surface area contributed by atoms with E-state index in [9.17, 15) is 4.79 Å². The van der Waals surface area contributed by atoms with Gasteiger partial charge in [0.05, 0.1) is 0 Å². The van der Waals surface area contributed by atoms with Gasteiger partial charge in [-0.2, -0.15) is 0 Å². The second-order valence-corrected chi connectivity index (χ2v) is 0.713. The standard InChI is InChI=1S/C2H6N2O.3CH4.BrH/c3-2(4)1-5;;;;/h1-2H,3-4H2;3*1H4;1H. The molecule has 0 saturated carbocycles. The monoisotopic (exact) mass is 202 g/mol. The molecule has 0 aromatic carbocycles. The predicted molar refractivity (Wildman–Crippen MR) is 48.7 cm³/mol. The summed E-state index contributed by atoms with van der Waals surface area (Å²) in [5, 5.41) is 0. The highest BCUT2D eigenvalue weighted by Gasteiger charge is 1.78. The van der Waals surface area contributed by atoms with Crippen molar-refractivity contribution in [3.8, 4) is 0 Å². The Labute approximate surface area is 68.6 Å². The van der Waals surface area contributed by atoms with E-state index in [1.807, 2.05) is 0 Å². The lowest BCUT2D eigenvalue weighted by atomic mass is 10.6. The molecule has 0 heterocycles. The van der Waals surface area contributed by atoms with Crippen LogP contribution >= 0.6 is 17.0 Å². The molecule has 0 atom stereocenters. The lowest BCUT2D eigenvalue weighted by Crippen LogP contribution is -2.31. The second kappa shape index (κ2) is 24.4. The Hall–Kier alpha value is 0.0700. The summed E-state index contributed by atoms with van der Waals surface area (Å²) in [6.07, 6.45) is -0.324. The first kappa shape index (κ1) is 35.7. The third-order valence-corrected chi connectivity index (χ3v) is 0.157. The molecule has 0 amide bonds. The predicted octanol–water partition coefficient (Wildman–Crippen LogP) is 0.915. The summed E-state index contributed by atoms with van der Waals surface area (Å²) in [5.74, 6) is 0. The number of carbonyl (C=O) groups is 1. The highest BCUT2D eigenvalue weighted by atomic mass is 79.9. The van der Waals surface area contributed by atoms with Crippen LogP contribution in [0.1, 0.15) is 22.3 Å². The van der Waals surface area contributed by atoms with Crippen LogP contribution in [0.25, 0.3) is 0 Å². The Balaban J connectivity index is -0.0000000133. The molecule has 0 rings (SSSR count). The third-order valence-electron chi connectivity index (χ3n) is 0.157. The molecule has 62 valence electrons. The summed E-state index contributed by atoms with van der Waals surface area (Å²) in [7, 11) is 0. The molecule has 0 aliphatic heterocycles. The molecular formula is C5H19BrN2O. The third kappa shape index (κ3) is 69.4. The van der Waals surface area contributed by atoms with Crippen LogP contribution in [0.5, 0.6) is 0 Å². The first-order chi connectivity index (χ1) is 2.27. The molecule has 9 heavy (non-hydrogen) atoms. The Morgan fingerprint density at radius 3 is 1.22 bits per heavy atom. The van der Waals surface area contributed by atoms with Gasteiger partial charge in [-0.15, -0.1) is 17.0 Å². The van der Waals surface area contributed by atoms with Crippen molar-refractivity contribution in [2.75, 3.05) is 0 Å². The number of rotatable bonds is 1.